The van der Waals surface area contributed by atoms with Crippen molar-refractivity contribution in [3.8, 4) is 0 Å². The van der Waals surface area contributed by atoms with Crippen LogP contribution in [0.5, 0.6) is 0 Å². The van der Waals surface area contributed by atoms with Crippen molar-refractivity contribution in [3.63, 3.8) is 0 Å². The van der Waals surface area contributed by atoms with E-state index in [0.717, 1.165) is 31.5 Å². The average molecular weight is 287 g/mol. The third-order valence-electron chi connectivity index (χ3n) is 4.58. The third kappa shape index (κ3) is 2.33. The van der Waals surface area contributed by atoms with E-state index >= 15 is 0 Å². The van der Waals surface area contributed by atoms with Crippen LogP contribution in [-0.2, 0) is 14.3 Å². The molecule has 4 heteroatoms. The summed E-state index contributed by atoms with van der Waals surface area (Å²) in [5.41, 5.74) is 0.0833. The van der Waals surface area contributed by atoms with Gasteiger partial charge in [-0.2, -0.15) is 0 Å². The molecule has 1 aromatic rings. The molecule has 0 N–H and O–H groups in total. The first kappa shape index (κ1) is 14.1. The average Bonchev–Trinajstić information content (AvgIpc) is 3.04. The smallest absolute Gasteiger partial charge is 0.322 e. The summed E-state index contributed by atoms with van der Waals surface area (Å²) in [5, 5.41) is 0. The fourth-order valence-electron chi connectivity index (χ4n) is 3.36. The number of likely N-dealkylation sites (tertiary alicyclic amines) is 1. The van der Waals surface area contributed by atoms with Gasteiger partial charge in [-0.05, 0) is 31.7 Å². The molecule has 1 heterocycles. The van der Waals surface area contributed by atoms with Crippen molar-refractivity contribution < 1.29 is 14.3 Å². The molecule has 1 aliphatic carbocycles. The topological polar surface area (TPSA) is 46.6 Å². The van der Waals surface area contributed by atoms with E-state index < -0.39 is 5.41 Å². The molecule has 112 valence electrons. The highest BCUT2D eigenvalue weighted by Gasteiger charge is 2.68. The minimum absolute atomic E-state index is 0.0349. The summed E-state index contributed by atoms with van der Waals surface area (Å²) in [4.78, 5) is 27.1. The monoisotopic (exact) mass is 287 g/mol. The third-order valence-corrected chi connectivity index (χ3v) is 4.58. The zero-order valence-electron chi connectivity index (χ0n) is 12.4. The molecular weight excluding hydrogens is 266 g/mol. The van der Waals surface area contributed by atoms with Gasteiger partial charge in [-0.1, -0.05) is 30.3 Å². The molecule has 0 spiro atoms. The van der Waals surface area contributed by atoms with Crippen molar-refractivity contribution in [3.05, 3.63) is 35.9 Å². The van der Waals surface area contributed by atoms with E-state index in [9.17, 15) is 9.59 Å². The highest BCUT2D eigenvalue weighted by Crippen LogP contribution is 2.61. The van der Waals surface area contributed by atoms with E-state index in [1.807, 2.05) is 35.2 Å². The van der Waals surface area contributed by atoms with Gasteiger partial charge in [0.05, 0.1) is 6.61 Å². The highest BCUT2D eigenvalue weighted by molar-refractivity contribution is 6.07. The second-order valence-corrected chi connectivity index (χ2v) is 5.86. The molecule has 1 aromatic carbocycles. The number of amides is 1. The molecule has 0 radical (unpaired) electrons. The van der Waals surface area contributed by atoms with Crippen LogP contribution >= 0.6 is 0 Å². The molecule has 21 heavy (non-hydrogen) atoms. The standard InChI is InChI=1S/C17H21NO3/c1-2-21-16(20)17(15(19)18-10-6-7-11-18)12-14(17)13-8-4-3-5-9-13/h3-5,8-9,14H,2,6-7,10-12H2,1H3/t14-,17-/m1/s1. The van der Waals surface area contributed by atoms with E-state index in [1.165, 1.54) is 0 Å². The molecule has 1 amide bonds. The number of benzene rings is 1. The Kier molecular flexibility index (Phi) is 3.70. The zero-order chi connectivity index (χ0) is 14.9. The summed E-state index contributed by atoms with van der Waals surface area (Å²) in [7, 11) is 0. The number of ether oxygens (including phenoxy) is 1. The van der Waals surface area contributed by atoms with Crippen LogP contribution < -0.4 is 0 Å². The van der Waals surface area contributed by atoms with Gasteiger partial charge in [0.2, 0.25) is 5.91 Å². The Morgan fingerprint density at radius 3 is 2.52 bits per heavy atom. The number of esters is 1. The summed E-state index contributed by atoms with van der Waals surface area (Å²) >= 11 is 0. The Bertz CT molecular complexity index is 536. The maximum atomic E-state index is 12.9. The van der Waals surface area contributed by atoms with Crippen LogP contribution in [0.3, 0.4) is 0 Å². The van der Waals surface area contributed by atoms with Gasteiger partial charge < -0.3 is 9.64 Å². The molecule has 2 aliphatic rings. The van der Waals surface area contributed by atoms with E-state index in [4.69, 9.17) is 4.74 Å². The van der Waals surface area contributed by atoms with E-state index in [1.54, 1.807) is 6.92 Å². The number of hydrogen-bond acceptors (Lipinski definition) is 3. The Balaban J connectivity index is 1.87. The molecule has 4 nitrogen and oxygen atoms in total. The van der Waals surface area contributed by atoms with Gasteiger partial charge >= 0.3 is 5.97 Å². The first-order valence-corrected chi connectivity index (χ1v) is 7.71. The normalized spacial score (nSPS) is 27.5. The predicted octanol–water partition coefficient (Wildman–Crippen LogP) is 2.35. The van der Waals surface area contributed by atoms with Gasteiger partial charge in [0.1, 0.15) is 0 Å². The van der Waals surface area contributed by atoms with Crippen molar-refractivity contribution in [2.24, 2.45) is 5.41 Å². The SMILES string of the molecule is CCOC(=O)[C@]1(C(=O)N2CCCC2)C[C@@H]1c1ccccc1. The van der Waals surface area contributed by atoms with Gasteiger partial charge in [0.25, 0.3) is 0 Å². The first-order valence-electron chi connectivity index (χ1n) is 7.71. The molecular formula is C17H21NO3. The van der Waals surface area contributed by atoms with Gasteiger partial charge in [0.15, 0.2) is 5.41 Å². The Morgan fingerprint density at radius 1 is 1.24 bits per heavy atom. The quantitative estimate of drug-likeness (QED) is 0.631. The number of rotatable bonds is 4. The van der Waals surface area contributed by atoms with Gasteiger partial charge in [-0.15, -0.1) is 0 Å². The number of carbonyl (C=O) groups is 2. The van der Waals surface area contributed by atoms with Gasteiger partial charge in [-0.25, -0.2) is 0 Å². The molecule has 0 bridgehead atoms. The molecule has 1 saturated carbocycles. The van der Waals surface area contributed by atoms with Crippen LogP contribution in [0.15, 0.2) is 30.3 Å². The summed E-state index contributed by atoms with van der Waals surface area (Å²) < 4.78 is 5.22. The highest BCUT2D eigenvalue weighted by atomic mass is 16.5. The maximum Gasteiger partial charge on any atom is 0.322 e. The van der Waals surface area contributed by atoms with E-state index in [0.29, 0.717) is 13.0 Å². The fourth-order valence-corrected chi connectivity index (χ4v) is 3.36. The van der Waals surface area contributed by atoms with Crippen LogP contribution in [0.1, 0.15) is 37.7 Å². The minimum atomic E-state index is -0.971. The van der Waals surface area contributed by atoms with E-state index in [2.05, 4.69) is 0 Å². The Labute approximate surface area is 125 Å². The summed E-state index contributed by atoms with van der Waals surface area (Å²) in [5.74, 6) is -0.422. The molecule has 1 saturated heterocycles. The lowest BCUT2D eigenvalue weighted by molar-refractivity contribution is -0.157. The second-order valence-electron chi connectivity index (χ2n) is 5.86. The summed E-state index contributed by atoms with van der Waals surface area (Å²) in [6.45, 7) is 3.63. The molecule has 2 atom stereocenters. The largest absolute Gasteiger partial charge is 0.465 e. The number of hydrogen-bond donors (Lipinski definition) is 0. The minimum Gasteiger partial charge on any atom is -0.465 e. The molecule has 1 aliphatic heterocycles. The van der Waals surface area contributed by atoms with E-state index in [-0.39, 0.29) is 17.8 Å². The fraction of sp³-hybridized carbons (Fsp3) is 0.529. The van der Waals surface area contributed by atoms with Crippen LogP contribution in [-0.4, -0.2) is 36.5 Å². The lowest BCUT2D eigenvalue weighted by Gasteiger charge is -2.22. The van der Waals surface area contributed by atoms with Crippen LogP contribution in [0.4, 0.5) is 0 Å². The Hall–Kier alpha value is -1.84. The van der Waals surface area contributed by atoms with Crippen molar-refractivity contribution >= 4 is 11.9 Å². The van der Waals surface area contributed by atoms with Gasteiger partial charge in [-0.3, -0.25) is 9.59 Å². The van der Waals surface area contributed by atoms with Crippen LogP contribution in [0.25, 0.3) is 0 Å². The molecule has 0 unspecified atom stereocenters. The lowest BCUT2D eigenvalue weighted by atomic mass is 9.97. The number of carbonyl (C=O) groups excluding carboxylic acids is 2. The van der Waals surface area contributed by atoms with Crippen molar-refractivity contribution in [1.29, 1.82) is 0 Å². The molecule has 0 aromatic heterocycles. The van der Waals surface area contributed by atoms with Gasteiger partial charge in [0, 0.05) is 19.0 Å². The van der Waals surface area contributed by atoms with Crippen molar-refractivity contribution in [2.75, 3.05) is 19.7 Å². The number of nitrogens with zero attached hydrogens (tertiary/aromatic N) is 1. The molecule has 2 fully saturated rings. The first-order chi connectivity index (χ1) is 10.2. The maximum absolute atomic E-state index is 12.9. The zero-order valence-corrected chi connectivity index (χ0v) is 12.4. The van der Waals surface area contributed by atoms with Crippen LogP contribution in [0, 0.1) is 5.41 Å². The summed E-state index contributed by atoms with van der Waals surface area (Å²) in [6, 6.07) is 9.82. The Morgan fingerprint density at radius 2 is 1.90 bits per heavy atom. The summed E-state index contributed by atoms with van der Waals surface area (Å²) in [6.07, 6.45) is 2.63. The van der Waals surface area contributed by atoms with Crippen molar-refractivity contribution in [2.45, 2.75) is 32.1 Å². The van der Waals surface area contributed by atoms with Crippen molar-refractivity contribution in [1.82, 2.24) is 4.90 Å². The predicted molar refractivity (Wildman–Crippen MR) is 78.7 cm³/mol. The second kappa shape index (κ2) is 5.51. The molecule has 3 rings (SSSR count). The van der Waals surface area contributed by atoms with Crippen LogP contribution in [0.2, 0.25) is 0 Å². The lowest BCUT2D eigenvalue weighted by Crippen LogP contribution is -2.41.